The molecule has 8 heteroatoms. The Hall–Kier alpha value is -2.02. The van der Waals surface area contributed by atoms with Gasteiger partial charge in [0.2, 0.25) is 0 Å². The molecule has 0 aliphatic carbocycles. The molecule has 0 amide bonds. The number of halogens is 3. The SMILES string of the molecule is C[C@@](O)(c1cc(F)ccc1F)C(N=[N+]=[N-])c1cncc(Br)c1. The van der Waals surface area contributed by atoms with E-state index in [1.807, 2.05) is 0 Å². The first-order valence-corrected chi connectivity index (χ1v) is 6.98. The highest BCUT2D eigenvalue weighted by molar-refractivity contribution is 9.10. The van der Waals surface area contributed by atoms with Crippen LogP contribution in [0, 0.1) is 11.6 Å². The smallest absolute Gasteiger partial charge is 0.129 e. The van der Waals surface area contributed by atoms with Gasteiger partial charge in [-0.1, -0.05) is 5.11 Å². The van der Waals surface area contributed by atoms with Gasteiger partial charge >= 0.3 is 0 Å². The Morgan fingerprint density at radius 2 is 2.09 bits per heavy atom. The largest absolute Gasteiger partial charge is 0.385 e. The van der Waals surface area contributed by atoms with Crippen LogP contribution in [0.3, 0.4) is 0 Å². The van der Waals surface area contributed by atoms with Crippen molar-refractivity contribution in [3.05, 3.63) is 74.3 Å². The topological polar surface area (TPSA) is 81.9 Å². The molecule has 0 bridgehead atoms. The molecule has 1 aromatic heterocycles. The summed E-state index contributed by atoms with van der Waals surface area (Å²) in [6, 6.07) is 3.13. The van der Waals surface area contributed by atoms with Crippen LogP contribution < -0.4 is 0 Å². The number of rotatable bonds is 4. The standard InChI is InChI=1S/C14H11BrF2N4O/c1-14(22,11-5-10(16)2-3-12(11)17)13(20-21-18)8-4-9(15)7-19-6-8/h2-7,13,22H,1H3/t13?,14-/m1/s1. The summed E-state index contributed by atoms with van der Waals surface area (Å²) in [5.74, 6) is -1.50. The van der Waals surface area contributed by atoms with Gasteiger partial charge in [0, 0.05) is 27.3 Å². The van der Waals surface area contributed by atoms with Crippen molar-refractivity contribution in [2.45, 2.75) is 18.6 Å². The first-order chi connectivity index (χ1) is 10.4. The lowest BCUT2D eigenvalue weighted by Gasteiger charge is -2.30. The molecule has 1 N–H and O–H groups in total. The zero-order valence-corrected chi connectivity index (χ0v) is 13.0. The molecular weight excluding hydrogens is 358 g/mol. The molecule has 0 saturated carbocycles. The van der Waals surface area contributed by atoms with E-state index < -0.39 is 23.3 Å². The van der Waals surface area contributed by atoms with E-state index in [0.717, 1.165) is 18.2 Å². The monoisotopic (exact) mass is 368 g/mol. The van der Waals surface area contributed by atoms with E-state index in [2.05, 4.69) is 30.9 Å². The number of hydrogen-bond acceptors (Lipinski definition) is 3. The van der Waals surface area contributed by atoms with Gasteiger partial charge in [0.1, 0.15) is 17.2 Å². The molecule has 1 heterocycles. The second kappa shape index (κ2) is 6.39. The van der Waals surface area contributed by atoms with Crippen molar-refractivity contribution >= 4 is 15.9 Å². The summed E-state index contributed by atoms with van der Waals surface area (Å²) in [6.45, 7) is 1.26. The Morgan fingerprint density at radius 1 is 1.36 bits per heavy atom. The lowest BCUT2D eigenvalue weighted by atomic mass is 9.84. The van der Waals surface area contributed by atoms with E-state index in [0.29, 0.717) is 10.0 Å². The molecule has 0 aliphatic heterocycles. The van der Waals surface area contributed by atoms with Gasteiger partial charge in [-0.3, -0.25) is 4.98 Å². The average Bonchev–Trinajstić information content (AvgIpc) is 2.47. The van der Waals surface area contributed by atoms with E-state index in [1.54, 1.807) is 6.07 Å². The summed E-state index contributed by atoms with van der Waals surface area (Å²) < 4.78 is 28.0. The third-order valence-electron chi connectivity index (χ3n) is 3.22. The average molecular weight is 369 g/mol. The van der Waals surface area contributed by atoms with Crippen LogP contribution in [-0.4, -0.2) is 10.1 Å². The van der Waals surface area contributed by atoms with Crippen LogP contribution in [0.25, 0.3) is 10.4 Å². The van der Waals surface area contributed by atoms with E-state index in [1.165, 1.54) is 19.3 Å². The number of pyridine rings is 1. The van der Waals surface area contributed by atoms with Crippen LogP contribution in [-0.2, 0) is 5.60 Å². The summed E-state index contributed by atoms with van der Waals surface area (Å²) >= 11 is 3.22. The molecule has 0 aliphatic rings. The van der Waals surface area contributed by atoms with Gasteiger partial charge in [0.15, 0.2) is 0 Å². The van der Waals surface area contributed by atoms with Crippen molar-refractivity contribution in [3.63, 3.8) is 0 Å². The van der Waals surface area contributed by atoms with E-state index in [-0.39, 0.29) is 5.56 Å². The molecule has 0 saturated heterocycles. The molecule has 1 aromatic carbocycles. The predicted octanol–water partition coefficient (Wildman–Crippen LogP) is 4.38. The Kier molecular flexibility index (Phi) is 4.75. The van der Waals surface area contributed by atoms with Gasteiger partial charge in [0.05, 0.1) is 6.04 Å². The molecule has 0 fully saturated rings. The Labute approximate surface area is 133 Å². The molecule has 2 aromatic rings. The minimum absolute atomic E-state index is 0.301. The fraction of sp³-hybridized carbons (Fsp3) is 0.214. The van der Waals surface area contributed by atoms with Crippen molar-refractivity contribution in [2.75, 3.05) is 0 Å². The molecule has 2 rings (SSSR count). The maximum Gasteiger partial charge on any atom is 0.129 e. The zero-order chi connectivity index (χ0) is 16.3. The summed E-state index contributed by atoms with van der Waals surface area (Å²) in [7, 11) is 0. The van der Waals surface area contributed by atoms with Crippen molar-refractivity contribution < 1.29 is 13.9 Å². The van der Waals surface area contributed by atoms with E-state index in [9.17, 15) is 13.9 Å². The molecule has 2 atom stereocenters. The predicted molar refractivity (Wildman–Crippen MR) is 79.8 cm³/mol. The number of benzene rings is 1. The number of hydrogen-bond donors (Lipinski definition) is 1. The summed E-state index contributed by atoms with van der Waals surface area (Å²) in [4.78, 5) is 6.62. The van der Waals surface area contributed by atoms with Gasteiger partial charge in [-0.25, -0.2) is 8.78 Å². The first kappa shape index (κ1) is 16.4. The van der Waals surface area contributed by atoms with Crippen LogP contribution >= 0.6 is 15.9 Å². The molecule has 22 heavy (non-hydrogen) atoms. The fourth-order valence-electron chi connectivity index (χ4n) is 2.17. The normalized spacial score (nSPS) is 14.8. The Morgan fingerprint density at radius 3 is 2.73 bits per heavy atom. The van der Waals surface area contributed by atoms with Crippen LogP contribution in [0.1, 0.15) is 24.1 Å². The van der Waals surface area contributed by atoms with Crippen molar-refractivity contribution in [1.82, 2.24) is 4.98 Å². The van der Waals surface area contributed by atoms with E-state index >= 15 is 0 Å². The Bertz CT molecular complexity index is 747. The van der Waals surface area contributed by atoms with Gasteiger partial charge in [-0.15, -0.1) is 0 Å². The quantitative estimate of drug-likeness (QED) is 0.493. The Balaban J connectivity index is 2.60. The summed E-state index contributed by atoms with van der Waals surface area (Å²) in [5.41, 5.74) is 6.85. The molecule has 0 radical (unpaired) electrons. The van der Waals surface area contributed by atoms with Crippen molar-refractivity contribution in [2.24, 2.45) is 5.11 Å². The minimum Gasteiger partial charge on any atom is -0.385 e. The highest BCUT2D eigenvalue weighted by Crippen LogP contribution is 2.39. The van der Waals surface area contributed by atoms with Crippen molar-refractivity contribution in [3.8, 4) is 0 Å². The summed E-state index contributed by atoms with van der Waals surface area (Å²) in [6.07, 6.45) is 2.89. The maximum atomic E-state index is 14.0. The highest BCUT2D eigenvalue weighted by atomic mass is 79.9. The summed E-state index contributed by atoms with van der Waals surface area (Å²) in [5, 5.41) is 14.2. The van der Waals surface area contributed by atoms with Crippen LogP contribution in [0.4, 0.5) is 8.78 Å². The molecule has 5 nitrogen and oxygen atoms in total. The number of azide groups is 1. The first-order valence-electron chi connectivity index (χ1n) is 6.19. The molecule has 114 valence electrons. The number of aliphatic hydroxyl groups is 1. The van der Waals surface area contributed by atoms with Crippen LogP contribution in [0.15, 0.2) is 46.2 Å². The number of nitrogens with zero attached hydrogens (tertiary/aromatic N) is 4. The minimum atomic E-state index is -1.96. The lowest BCUT2D eigenvalue weighted by molar-refractivity contribution is 0.0245. The molecular formula is C14H11BrF2N4O. The lowest BCUT2D eigenvalue weighted by Crippen LogP contribution is -2.30. The van der Waals surface area contributed by atoms with Crippen LogP contribution in [0.2, 0.25) is 0 Å². The fourth-order valence-corrected chi connectivity index (χ4v) is 2.55. The van der Waals surface area contributed by atoms with Gasteiger partial charge in [0.25, 0.3) is 0 Å². The maximum absolute atomic E-state index is 14.0. The third-order valence-corrected chi connectivity index (χ3v) is 3.65. The number of aromatic nitrogens is 1. The highest BCUT2D eigenvalue weighted by Gasteiger charge is 2.37. The van der Waals surface area contributed by atoms with Gasteiger partial charge < -0.3 is 5.11 Å². The molecule has 1 unspecified atom stereocenters. The van der Waals surface area contributed by atoms with Gasteiger partial charge in [-0.05, 0) is 58.2 Å². The van der Waals surface area contributed by atoms with Gasteiger partial charge in [-0.2, -0.15) is 0 Å². The third kappa shape index (κ3) is 3.24. The molecule has 0 spiro atoms. The zero-order valence-electron chi connectivity index (χ0n) is 11.4. The second-order valence-electron chi connectivity index (χ2n) is 4.82. The van der Waals surface area contributed by atoms with E-state index in [4.69, 9.17) is 5.53 Å². The van der Waals surface area contributed by atoms with Crippen LogP contribution in [0.5, 0.6) is 0 Å². The van der Waals surface area contributed by atoms with Crippen molar-refractivity contribution in [1.29, 1.82) is 0 Å². The second-order valence-corrected chi connectivity index (χ2v) is 5.73.